The summed E-state index contributed by atoms with van der Waals surface area (Å²) in [5.41, 5.74) is 6.47. The van der Waals surface area contributed by atoms with Crippen LogP contribution in [0.5, 0.6) is 0 Å². The number of nitrogens with two attached hydrogens (primary N) is 1. The van der Waals surface area contributed by atoms with E-state index in [0.717, 1.165) is 6.04 Å². The van der Waals surface area contributed by atoms with Gasteiger partial charge in [0.1, 0.15) is 12.5 Å². The third-order valence-electron chi connectivity index (χ3n) is 3.48. The van der Waals surface area contributed by atoms with Crippen molar-refractivity contribution in [2.45, 2.75) is 32.4 Å². The zero-order valence-corrected chi connectivity index (χ0v) is 13.9. The molecule has 21 heavy (non-hydrogen) atoms. The van der Waals surface area contributed by atoms with Crippen LogP contribution in [0.3, 0.4) is 0 Å². The molecule has 1 heterocycles. The number of halogens is 1. The van der Waals surface area contributed by atoms with E-state index in [1.807, 2.05) is 0 Å². The zero-order valence-electron chi connectivity index (χ0n) is 12.9. The van der Waals surface area contributed by atoms with Crippen LogP contribution < -0.4 is 11.4 Å². The molecule has 5 nitrogen and oxygen atoms in total. The van der Waals surface area contributed by atoms with Crippen molar-refractivity contribution in [3.63, 3.8) is 0 Å². The number of imidazole rings is 1. The lowest BCUT2D eigenvalue weighted by Gasteiger charge is -2.15. The predicted octanol–water partition coefficient (Wildman–Crippen LogP) is 2.37. The number of aryl methyl sites for hydroxylation is 1. The average Bonchev–Trinajstić information content (AvgIpc) is 2.59. The van der Waals surface area contributed by atoms with Crippen LogP contribution in [0, 0.1) is 5.82 Å². The van der Waals surface area contributed by atoms with Crippen molar-refractivity contribution in [3.05, 3.63) is 28.4 Å². The Morgan fingerprint density at radius 2 is 1.95 bits per heavy atom. The second-order valence-electron chi connectivity index (χ2n) is 6.48. The minimum atomic E-state index is -1.17. The number of anilines is 1. The Hall–Kier alpha value is -1.60. The molecular weight excluding hydrogens is 289 g/mol. The monoisotopic (exact) mass is 311 g/mol. The van der Waals surface area contributed by atoms with Crippen LogP contribution in [-0.4, -0.2) is 23.8 Å². The molecule has 7 heteroatoms. The zero-order chi connectivity index (χ0) is 15.8. The molecule has 0 fully saturated rings. The van der Waals surface area contributed by atoms with Gasteiger partial charge in [0.25, 0.3) is 0 Å². The van der Waals surface area contributed by atoms with Crippen LogP contribution >= 0.6 is 0 Å². The molecule has 0 aliphatic carbocycles. The Kier molecular flexibility index (Phi) is 4.24. The van der Waals surface area contributed by atoms with Crippen LogP contribution in [0.1, 0.15) is 0 Å². The molecule has 0 bridgehead atoms. The molecule has 0 amide bonds. The SMILES string of the molecule is Cn1c(=O)n(COCC[Si](C)(C)C)c2cc(F)c(N)cc21. The molecule has 0 aliphatic heterocycles. The van der Waals surface area contributed by atoms with Crippen molar-refractivity contribution >= 4 is 24.8 Å². The molecule has 0 spiro atoms. The van der Waals surface area contributed by atoms with E-state index in [4.69, 9.17) is 10.5 Å². The topological polar surface area (TPSA) is 62.2 Å². The van der Waals surface area contributed by atoms with Crippen LogP contribution in [-0.2, 0) is 18.5 Å². The molecule has 2 N–H and O–H groups in total. The lowest BCUT2D eigenvalue weighted by molar-refractivity contribution is 0.0873. The van der Waals surface area contributed by atoms with Gasteiger partial charge in [0.15, 0.2) is 0 Å². The van der Waals surface area contributed by atoms with E-state index in [0.29, 0.717) is 17.6 Å². The highest BCUT2D eigenvalue weighted by Crippen LogP contribution is 2.20. The van der Waals surface area contributed by atoms with Gasteiger partial charge in [-0.25, -0.2) is 9.18 Å². The Balaban J connectivity index is 2.26. The molecule has 1 aromatic carbocycles. The van der Waals surface area contributed by atoms with Gasteiger partial charge in [-0.2, -0.15) is 0 Å². The summed E-state index contributed by atoms with van der Waals surface area (Å²) in [6.07, 6.45) is 0. The van der Waals surface area contributed by atoms with Gasteiger partial charge < -0.3 is 10.5 Å². The molecular formula is C14H22FN3O2Si. The van der Waals surface area contributed by atoms with Crippen molar-refractivity contribution in [2.75, 3.05) is 12.3 Å². The molecule has 0 aliphatic rings. The first-order valence-electron chi connectivity index (χ1n) is 6.93. The second-order valence-corrected chi connectivity index (χ2v) is 12.1. The van der Waals surface area contributed by atoms with E-state index in [-0.39, 0.29) is 18.1 Å². The van der Waals surface area contributed by atoms with E-state index in [1.54, 1.807) is 7.05 Å². The first kappa shape index (κ1) is 15.8. The third-order valence-corrected chi connectivity index (χ3v) is 5.18. The summed E-state index contributed by atoms with van der Waals surface area (Å²) in [7, 11) is 0.471. The van der Waals surface area contributed by atoms with Crippen molar-refractivity contribution < 1.29 is 9.13 Å². The van der Waals surface area contributed by atoms with Crippen molar-refractivity contribution in [2.24, 2.45) is 7.05 Å². The predicted molar refractivity (Wildman–Crippen MR) is 85.7 cm³/mol. The Morgan fingerprint density at radius 3 is 2.57 bits per heavy atom. The van der Waals surface area contributed by atoms with Gasteiger partial charge in [0, 0.05) is 27.8 Å². The summed E-state index contributed by atoms with van der Waals surface area (Å²) in [6.45, 7) is 7.52. The van der Waals surface area contributed by atoms with E-state index in [9.17, 15) is 9.18 Å². The van der Waals surface area contributed by atoms with E-state index in [2.05, 4.69) is 19.6 Å². The van der Waals surface area contributed by atoms with Crippen molar-refractivity contribution in [3.8, 4) is 0 Å². The van der Waals surface area contributed by atoms with Crippen LogP contribution in [0.2, 0.25) is 25.7 Å². The molecule has 0 saturated heterocycles. The van der Waals surface area contributed by atoms with Gasteiger partial charge in [0.05, 0.1) is 16.7 Å². The molecule has 0 saturated carbocycles. The lowest BCUT2D eigenvalue weighted by atomic mass is 10.2. The average molecular weight is 311 g/mol. The summed E-state index contributed by atoms with van der Waals surface area (Å²) in [5, 5.41) is 0. The quantitative estimate of drug-likeness (QED) is 0.524. The second kappa shape index (κ2) is 5.65. The number of hydrogen-bond donors (Lipinski definition) is 1. The smallest absolute Gasteiger partial charge is 0.330 e. The molecule has 2 aromatic rings. The molecule has 0 atom stereocenters. The minimum absolute atomic E-state index is 0.0369. The number of hydrogen-bond acceptors (Lipinski definition) is 3. The highest BCUT2D eigenvalue weighted by molar-refractivity contribution is 6.76. The largest absolute Gasteiger partial charge is 0.396 e. The summed E-state index contributed by atoms with van der Waals surface area (Å²) in [4.78, 5) is 12.2. The normalized spacial score (nSPS) is 12.2. The van der Waals surface area contributed by atoms with E-state index in [1.165, 1.54) is 21.3 Å². The Morgan fingerprint density at radius 1 is 1.29 bits per heavy atom. The van der Waals surface area contributed by atoms with Gasteiger partial charge in [-0.3, -0.25) is 9.13 Å². The fourth-order valence-corrected chi connectivity index (χ4v) is 2.86. The maximum absolute atomic E-state index is 13.6. The molecule has 2 rings (SSSR count). The number of aromatic nitrogens is 2. The molecule has 0 unspecified atom stereocenters. The highest BCUT2D eigenvalue weighted by atomic mass is 28.3. The first-order valence-corrected chi connectivity index (χ1v) is 10.6. The van der Waals surface area contributed by atoms with Crippen LogP contribution in [0.25, 0.3) is 11.0 Å². The Labute approximate surface area is 124 Å². The van der Waals surface area contributed by atoms with Gasteiger partial charge in [-0.15, -0.1) is 0 Å². The summed E-state index contributed by atoms with van der Waals surface area (Å²) in [5.74, 6) is -0.524. The van der Waals surface area contributed by atoms with Gasteiger partial charge in [0.2, 0.25) is 0 Å². The lowest BCUT2D eigenvalue weighted by Crippen LogP contribution is -2.25. The number of ether oxygens (including phenoxy) is 1. The Bertz CT molecular complexity index is 716. The minimum Gasteiger partial charge on any atom is -0.396 e. The van der Waals surface area contributed by atoms with E-state index < -0.39 is 13.9 Å². The number of benzene rings is 1. The standard InChI is InChI=1S/C14H22FN3O2Si/c1-17-12-8-11(16)10(15)7-13(12)18(14(17)19)9-20-5-6-21(2,3)4/h7-8H,5-6,9,16H2,1-4H3. The summed E-state index contributed by atoms with van der Waals surface area (Å²) >= 11 is 0. The number of nitrogen functional groups attached to an aromatic ring is 1. The maximum atomic E-state index is 13.6. The summed E-state index contributed by atoms with van der Waals surface area (Å²) in [6, 6.07) is 3.78. The van der Waals surface area contributed by atoms with Gasteiger partial charge >= 0.3 is 5.69 Å². The molecule has 0 radical (unpaired) electrons. The maximum Gasteiger partial charge on any atom is 0.330 e. The van der Waals surface area contributed by atoms with Gasteiger partial charge in [-0.05, 0) is 12.1 Å². The fraction of sp³-hybridized carbons (Fsp3) is 0.500. The number of fused-ring (bicyclic) bond motifs is 1. The van der Waals surface area contributed by atoms with E-state index >= 15 is 0 Å². The fourth-order valence-electron chi connectivity index (χ4n) is 2.10. The molecule has 1 aromatic heterocycles. The van der Waals surface area contributed by atoms with Crippen LogP contribution in [0.4, 0.5) is 10.1 Å². The summed E-state index contributed by atoms with van der Waals surface area (Å²) < 4.78 is 22.1. The number of rotatable bonds is 5. The highest BCUT2D eigenvalue weighted by Gasteiger charge is 2.15. The third kappa shape index (κ3) is 3.35. The van der Waals surface area contributed by atoms with Crippen LogP contribution in [0.15, 0.2) is 16.9 Å². The molecule has 116 valence electrons. The van der Waals surface area contributed by atoms with Crippen molar-refractivity contribution in [1.29, 1.82) is 0 Å². The first-order chi connectivity index (χ1) is 9.70. The van der Waals surface area contributed by atoms with Gasteiger partial charge in [-0.1, -0.05) is 19.6 Å². The van der Waals surface area contributed by atoms with Crippen molar-refractivity contribution in [1.82, 2.24) is 9.13 Å². The number of nitrogens with zero attached hydrogens (tertiary/aromatic N) is 2.